The second kappa shape index (κ2) is 2.44. The molecule has 1 N–H and O–H groups in total. The van der Waals surface area contributed by atoms with Gasteiger partial charge >= 0.3 is 6.17 Å². The van der Waals surface area contributed by atoms with Crippen LogP contribution in [0.15, 0.2) is 17.3 Å². The summed E-state index contributed by atoms with van der Waals surface area (Å²) in [5.74, 6) is 0. The van der Waals surface area contributed by atoms with Crippen molar-refractivity contribution in [2.75, 3.05) is 0 Å². The van der Waals surface area contributed by atoms with Crippen LogP contribution in [0, 0.1) is 10.1 Å². The Morgan fingerprint density at radius 1 is 1.80 bits per heavy atom. The highest BCUT2D eigenvalue weighted by molar-refractivity contribution is 5.55. The largest absolute Gasteiger partial charge is 0.330 e. The van der Waals surface area contributed by atoms with Gasteiger partial charge in [-0.2, -0.15) is 5.06 Å². The van der Waals surface area contributed by atoms with Gasteiger partial charge in [-0.15, -0.1) is 0 Å². The van der Waals surface area contributed by atoms with Gasteiger partial charge in [0.25, 0.3) is 0 Å². The van der Waals surface area contributed by atoms with E-state index in [1.54, 1.807) is 0 Å². The van der Waals surface area contributed by atoms with Crippen molar-refractivity contribution in [2.24, 2.45) is 4.99 Å². The van der Waals surface area contributed by atoms with Crippen molar-refractivity contribution >= 4 is 6.34 Å². The Balaban J connectivity index is 2.70. The number of hydrogen-bond donors (Lipinski definition) is 1. The third-order valence-corrected chi connectivity index (χ3v) is 1.02. The second-order valence-corrected chi connectivity index (χ2v) is 1.69. The van der Waals surface area contributed by atoms with Crippen LogP contribution in [0.5, 0.6) is 0 Å². The summed E-state index contributed by atoms with van der Waals surface area (Å²) in [6.07, 6.45) is 2.23. The molecule has 1 aliphatic rings. The van der Waals surface area contributed by atoms with Crippen LogP contribution in [-0.2, 0) is 0 Å². The van der Waals surface area contributed by atoms with Crippen molar-refractivity contribution in [3.63, 3.8) is 0 Å². The number of nitro groups is 1. The van der Waals surface area contributed by atoms with Crippen LogP contribution in [0.25, 0.3) is 0 Å². The van der Waals surface area contributed by atoms with E-state index in [4.69, 9.17) is 5.21 Å². The fourth-order valence-electron chi connectivity index (χ4n) is 0.557. The summed E-state index contributed by atoms with van der Waals surface area (Å²) in [7, 11) is 0. The van der Waals surface area contributed by atoms with Crippen molar-refractivity contribution in [1.29, 1.82) is 0 Å². The molecule has 0 spiro atoms. The van der Waals surface area contributed by atoms with Gasteiger partial charge in [-0.1, -0.05) is 0 Å². The molecule has 1 atom stereocenters. The lowest BCUT2D eigenvalue weighted by Crippen LogP contribution is -2.37. The highest BCUT2D eigenvalue weighted by Crippen LogP contribution is 2.00. The molecule has 6 nitrogen and oxygen atoms in total. The lowest BCUT2D eigenvalue weighted by Gasteiger charge is -2.14. The van der Waals surface area contributed by atoms with E-state index in [2.05, 4.69) is 4.99 Å². The first-order valence-electron chi connectivity index (χ1n) is 2.52. The molecule has 54 valence electrons. The molecular formula is C4H5N3O3. The molecule has 1 rings (SSSR count). The molecule has 0 fully saturated rings. The molecule has 0 aromatic rings. The first kappa shape index (κ1) is 6.69. The summed E-state index contributed by atoms with van der Waals surface area (Å²) >= 11 is 0. The first-order valence-corrected chi connectivity index (χ1v) is 2.52. The van der Waals surface area contributed by atoms with Crippen molar-refractivity contribution in [2.45, 2.75) is 6.17 Å². The van der Waals surface area contributed by atoms with E-state index in [0.29, 0.717) is 5.06 Å². The molecule has 0 saturated carbocycles. The zero-order valence-corrected chi connectivity index (χ0v) is 4.91. The van der Waals surface area contributed by atoms with Gasteiger partial charge in [0.05, 0.1) is 4.92 Å². The lowest BCUT2D eigenvalue weighted by atomic mass is 10.4. The topological polar surface area (TPSA) is 79.0 Å². The van der Waals surface area contributed by atoms with E-state index in [0.717, 1.165) is 6.34 Å². The van der Waals surface area contributed by atoms with Gasteiger partial charge in [0, 0.05) is 12.3 Å². The summed E-state index contributed by atoms with van der Waals surface area (Å²) in [5.41, 5.74) is 0. The number of hydrogen-bond acceptors (Lipinski definition) is 5. The van der Waals surface area contributed by atoms with E-state index in [1.807, 2.05) is 0 Å². The van der Waals surface area contributed by atoms with E-state index in [1.165, 1.54) is 12.3 Å². The molecule has 0 aromatic carbocycles. The Kier molecular flexibility index (Phi) is 1.63. The van der Waals surface area contributed by atoms with E-state index >= 15 is 0 Å². The molecule has 0 radical (unpaired) electrons. The van der Waals surface area contributed by atoms with Gasteiger partial charge in [0.15, 0.2) is 0 Å². The Labute approximate surface area is 56.2 Å². The van der Waals surface area contributed by atoms with Gasteiger partial charge in [0.1, 0.15) is 6.34 Å². The van der Waals surface area contributed by atoms with Crippen molar-refractivity contribution < 1.29 is 10.1 Å². The van der Waals surface area contributed by atoms with Gasteiger partial charge in [-0.05, 0) is 0 Å². The maximum absolute atomic E-state index is 10.1. The van der Waals surface area contributed by atoms with Gasteiger partial charge in [-0.3, -0.25) is 15.3 Å². The summed E-state index contributed by atoms with van der Waals surface area (Å²) < 4.78 is 0. The van der Waals surface area contributed by atoms with Gasteiger partial charge in [0.2, 0.25) is 0 Å². The van der Waals surface area contributed by atoms with E-state index in [9.17, 15) is 10.1 Å². The van der Waals surface area contributed by atoms with Crippen LogP contribution in [0.4, 0.5) is 0 Å². The molecule has 0 bridgehead atoms. The zero-order valence-electron chi connectivity index (χ0n) is 4.91. The highest BCUT2D eigenvalue weighted by atomic mass is 16.6. The predicted octanol–water partition coefficient (Wildman–Crippen LogP) is -0.164. The van der Waals surface area contributed by atoms with Gasteiger partial charge in [-0.25, -0.2) is 4.99 Å². The minimum absolute atomic E-state index is 0.431. The summed E-state index contributed by atoms with van der Waals surface area (Å²) in [6, 6.07) is 0. The smallest absolute Gasteiger partial charge is 0.282 e. The van der Waals surface area contributed by atoms with Crippen LogP contribution >= 0.6 is 0 Å². The third-order valence-electron chi connectivity index (χ3n) is 1.02. The Bertz CT molecular complexity index is 200. The number of aliphatic imine (C=N–C) groups is 1. The van der Waals surface area contributed by atoms with Crippen LogP contribution in [0.3, 0.4) is 0 Å². The summed E-state index contributed by atoms with van der Waals surface area (Å²) in [4.78, 5) is 12.9. The fraction of sp³-hybridized carbons (Fsp3) is 0.250. The molecule has 0 aliphatic carbocycles. The van der Waals surface area contributed by atoms with Crippen molar-refractivity contribution in [3.05, 3.63) is 22.4 Å². The number of nitrogens with zero attached hydrogens (tertiary/aromatic N) is 3. The number of hydroxylamine groups is 2. The zero-order chi connectivity index (χ0) is 7.56. The quantitative estimate of drug-likeness (QED) is 0.408. The molecule has 0 aromatic heterocycles. The second-order valence-electron chi connectivity index (χ2n) is 1.69. The summed E-state index contributed by atoms with van der Waals surface area (Å²) in [5, 5.41) is 19.2. The predicted molar refractivity (Wildman–Crippen MR) is 32.0 cm³/mol. The maximum atomic E-state index is 10.1. The van der Waals surface area contributed by atoms with Gasteiger partial charge < -0.3 is 0 Å². The fourth-order valence-corrected chi connectivity index (χ4v) is 0.557. The molecular weight excluding hydrogens is 138 g/mol. The highest BCUT2D eigenvalue weighted by Gasteiger charge is 2.23. The monoisotopic (exact) mass is 143 g/mol. The van der Waals surface area contributed by atoms with Crippen molar-refractivity contribution in [3.8, 4) is 0 Å². The third kappa shape index (κ3) is 1.11. The maximum Gasteiger partial charge on any atom is 0.330 e. The molecule has 6 heteroatoms. The average molecular weight is 143 g/mol. The Morgan fingerprint density at radius 2 is 2.50 bits per heavy atom. The van der Waals surface area contributed by atoms with Crippen LogP contribution in [-0.4, -0.2) is 27.7 Å². The van der Waals surface area contributed by atoms with E-state index < -0.39 is 11.1 Å². The normalized spacial score (nSPS) is 23.3. The van der Waals surface area contributed by atoms with Crippen LogP contribution in [0.1, 0.15) is 0 Å². The number of rotatable bonds is 1. The average Bonchev–Trinajstić information content (AvgIpc) is 1.88. The molecule has 1 heterocycles. The standard InChI is InChI=1S/C4H5N3O3/c8-6-3-5-2-1-4(6)7(9)10/h1-4,8H. The molecule has 1 aliphatic heterocycles. The van der Waals surface area contributed by atoms with E-state index in [-0.39, 0.29) is 0 Å². The molecule has 0 amide bonds. The SMILES string of the molecule is O=[N+]([O-])C1C=CN=CN1O. The first-order chi connectivity index (χ1) is 4.72. The summed E-state index contributed by atoms with van der Waals surface area (Å²) in [6.45, 7) is 0. The Morgan fingerprint density at radius 3 is 2.90 bits per heavy atom. The molecule has 10 heavy (non-hydrogen) atoms. The molecule has 0 saturated heterocycles. The molecule has 1 unspecified atom stereocenters. The van der Waals surface area contributed by atoms with Crippen molar-refractivity contribution in [1.82, 2.24) is 5.06 Å². The minimum Gasteiger partial charge on any atom is -0.282 e. The van der Waals surface area contributed by atoms with Crippen LogP contribution < -0.4 is 0 Å². The lowest BCUT2D eigenvalue weighted by molar-refractivity contribution is -0.549. The minimum atomic E-state index is -1.20. The van der Waals surface area contributed by atoms with Crippen LogP contribution in [0.2, 0.25) is 0 Å². The Hall–Kier alpha value is -1.43.